The minimum atomic E-state index is -1.36. The van der Waals surface area contributed by atoms with Crippen LogP contribution >= 0.6 is 0 Å². The van der Waals surface area contributed by atoms with Crippen LogP contribution in [0, 0.1) is 5.92 Å². The second-order valence-electron chi connectivity index (χ2n) is 3.08. The third kappa shape index (κ3) is 1.98. The first-order chi connectivity index (χ1) is 6.11. The van der Waals surface area contributed by atoms with Gasteiger partial charge in [0.1, 0.15) is 12.2 Å². The van der Waals surface area contributed by atoms with E-state index in [1.807, 2.05) is 0 Å². The quantitative estimate of drug-likeness (QED) is 0.321. The van der Waals surface area contributed by atoms with Crippen LogP contribution in [0.1, 0.15) is 0 Å². The van der Waals surface area contributed by atoms with Gasteiger partial charge in [0, 0.05) is 0 Å². The van der Waals surface area contributed by atoms with E-state index in [4.69, 9.17) is 14.9 Å². The van der Waals surface area contributed by atoms with Crippen LogP contribution in [0.3, 0.4) is 0 Å². The summed E-state index contributed by atoms with van der Waals surface area (Å²) in [5.41, 5.74) is 0. The molecule has 0 radical (unpaired) electrons. The fraction of sp³-hybridized carbons (Fsp3) is 1.00. The summed E-state index contributed by atoms with van der Waals surface area (Å²) in [5, 5.41) is 45.3. The number of hydrogen-bond donors (Lipinski definition) is 5. The van der Waals surface area contributed by atoms with Crippen molar-refractivity contribution in [2.75, 3.05) is 13.2 Å². The van der Waals surface area contributed by atoms with Gasteiger partial charge in [-0.1, -0.05) is 0 Å². The van der Waals surface area contributed by atoms with Crippen LogP contribution in [0.4, 0.5) is 0 Å². The standard InChI is InChI=1S/C7H14O6/c8-1-3-5(10)6(11)4(2-9)13-7(3)12/h3-12H,1-2H2. The molecule has 5 unspecified atom stereocenters. The Morgan fingerprint density at radius 1 is 0.923 bits per heavy atom. The second kappa shape index (κ2) is 4.32. The van der Waals surface area contributed by atoms with E-state index in [0.717, 1.165) is 0 Å². The highest BCUT2D eigenvalue weighted by molar-refractivity contribution is 4.87. The summed E-state index contributed by atoms with van der Waals surface area (Å²) in [6.07, 6.45) is -4.94. The van der Waals surface area contributed by atoms with E-state index in [-0.39, 0.29) is 0 Å². The Morgan fingerprint density at radius 2 is 1.54 bits per heavy atom. The first kappa shape index (κ1) is 10.8. The topological polar surface area (TPSA) is 110 Å². The molecule has 0 aromatic rings. The lowest BCUT2D eigenvalue weighted by Gasteiger charge is -2.39. The second-order valence-corrected chi connectivity index (χ2v) is 3.08. The minimum absolute atomic E-state index is 0.489. The van der Waals surface area contributed by atoms with E-state index in [0.29, 0.717) is 0 Å². The lowest BCUT2D eigenvalue weighted by molar-refractivity contribution is -0.274. The molecule has 5 N–H and O–H groups in total. The summed E-state index contributed by atoms with van der Waals surface area (Å²) < 4.78 is 4.76. The highest BCUT2D eigenvalue weighted by Crippen LogP contribution is 2.24. The van der Waals surface area contributed by atoms with Crippen molar-refractivity contribution in [3.63, 3.8) is 0 Å². The molecule has 1 heterocycles. The number of rotatable bonds is 2. The minimum Gasteiger partial charge on any atom is -0.396 e. The van der Waals surface area contributed by atoms with Crippen LogP contribution in [-0.2, 0) is 4.74 Å². The first-order valence-corrected chi connectivity index (χ1v) is 4.03. The lowest BCUT2D eigenvalue weighted by Crippen LogP contribution is -2.56. The van der Waals surface area contributed by atoms with Crippen LogP contribution in [0.15, 0.2) is 0 Å². The van der Waals surface area contributed by atoms with Crippen molar-refractivity contribution in [1.82, 2.24) is 0 Å². The number of ether oxygens (including phenoxy) is 1. The van der Waals surface area contributed by atoms with Crippen molar-refractivity contribution in [2.24, 2.45) is 5.92 Å². The van der Waals surface area contributed by atoms with Gasteiger partial charge >= 0.3 is 0 Å². The van der Waals surface area contributed by atoms with Gasteiger partial charge in [-0.3, -0.25) is 0 Å². The molecule has 78 valence electrons. The number of aliphatic hydroxyl groups excluding tert-OH is 5. The Morgan fingerprint density at radius 3 is 2.00 bits per heavy atom. The molecule has 1 fully saturated rings. The molecule has 0 saturated carbocycles. The van der Waals surface area contributed by atoms with E-state index in [2.05, 4.69) is 0 Å². The van der Waals surface area contributed by atoms with Crippen LogP contribution in [0.5, 0.6) is 0 Å². The molecule has 0 aromatic carbocycles. The summed E-state index contributed by atoms with van der Waals surface area (Å²) >= 11 is 0. The Kier molecular flexibility index (Phi) is 3.60. The molecule has 1 rings (SSSR count). The maximum absolute atomic E-state index is 9.35. The maximum Gasteiger partial charge on any atom is 0.162 e. The van der Waals surface area contributed by atoms with Gasteiger partial charge in [0.05, 0.1) is 25.2 Å². The summed E-state index contributed by atoms with van der Waals surface area (Å²) in [4.78, 5) is 0. The van der Waals surface area contributed by atoms with Crippen molar-refractivity contribution in [2.45, 2.75) is 24.6 Å². The molecule has 5 atom stereocenters. The van der Waals surface area contributed by atoms with E-state index in [9.17, 15) is 15.3 Å². The zero-order valence-electron chi connectivity index (χ0n) is 6.95. The first-order valence-electron chi connectivity index (χ1n) is 4.03. The van der Waals surface area contributed by atoms with Gasteiger partial charge in [-0.25, -0.2) is 0 Å². The summed E-state index contributed by atoms with van der Waals surface area (Å²) in [7, 11) is 0. The molecule has 1 aliphatic rings. The van der Waals surface area contributed by atoms with Gasteiger partial charge in [0.15, 0.2) is 6.29 Å². The maximum atomic E-state index is 9.35. The Bertz CT molecular complexity index is 163. The molecule has 6 heteroatoms. The molecule has 0 aliphatic carbocycles. The largest absolute Gasteiger partial charge is 0.396 e. The van der Waals surface area contributed by atoms with Crippen LogP contribution < -0.4 is 0 Å². The molecular weight excluding hydrogens is 180 g/mol. The van der Waals surface area contributed by atoms with Crippen LogP contribution in [-0.4, -0.2) is 63.3 Å². The fourth-order valence-electron chi connectivity index (χ4n) is 1.35. The normalized spacial score (nSPS) is 46.4. The molecule has 0 amide bonds. The Balaban J connectivity index is 2.66. The van der Waals surface area contributed by atoms with E-state index in [1.54, 1.807) is 0 Å². The summed E-state index contributed by atoms with van der Waals surface area (Å²) in [6, 6.07) is 0. The molecule has 0 spiro atoms. The monoisotopic (exact) mass is 194 g/mol. The van der Waals surface area contributed by atoms with E-state index < -0.39 is 43.7 Å². The number of aliphatic hydroxyl groups is 5. The van der Waals surface area contributed by atoms with E-state index in [1.165, 1.54) is 0 Å². The molecule has 13 heavy (non-hydrogen) atoms. The molecule has 1 aliphatic heterocycles. The average molecular weight is 194 g/mol. The van der Waals surface area contributed by atoms with Crippen molar-refractivity contribution >= 4 is 0 Å². The Hall–Kier alpha value is -0.240. The SMILES string of the molecule is OCC1OC(O)C(CO)C(O)C1O. The summed E-state index contributed by atoms with van der Waals surface area (Å²) in [5.74, 6) is -0.933. The third-order valence-corrected chi connectivity index (χ3v) is 2.24. The molecular formula is C7H14O6. The molecule has 0 aromatic heterocycles. The Labute approximate surface area is 75.0 Å². The zero-order chi connectivity index (χ0) is 10.0. The van der Waals surface area contributed by atoms with Gasteiger partial charge in [-0.15, -0.1) is 0 Å². The van der Waals surface area contributed by atoms with Crippen LogP contribution in [0.25, 0.3) is 0 Å². The third-order valence-electron chi connectivity index (χ3n) is 2.24. The van der Waals surface area contributed by atoms with Crippen molar-refractivity contribution in [3.8, 4) is 0 Å². The molecule has 1 saturated heterocycles. The molecule has 0 bridgehead atoms. The predicted octanol–water partition coefficient (Wildman–Crippen LogP) is -2.97. The zero-order valence-corrected chi connectivity index (χ0v) is 6.95. The van der Waals surface area contributed by atoms with Gasteiger partial charge in [-0.2, -0.15) is 0 Å². The lowest BCUT2D eigenvalue weighted by atomic mass is 9.92. The van der Waals surface area contributed by atoms with Crippen LogP contribution in [0.2, 0.25) is 0 Å². The number of hydrogen-bond acceptors (Lipinski definition) is 6. The fourth-order valence-corrected chi connectivity index (χ4v) is 1.35. The predicted molar refractivity (Wildman–Crippen MR) is 40.6 cm³/mol. The highest BCUT2D eigenvalue weighted by atomic mass is 16.6. The van der Waals surface area contributed by atoms with Crippen molar-refractivity contribution in [3.05, 3.63) is 0 Å². The average Bonchev–Trinajstić information content (AvgIpc) is 2.12. The highest BCUT2D eigenvalue weighted by Gasteiger charge is 2.42. The van der Waals surface area contributed by atoms with Gasteiger partial charge < -0.3 is 30.3 Å². The van der Waals surface area contributed by atoms with Gasteiger partial charge in [-0.05, 0) is 0 Å². The van der Waals surface area contributed by atoms with Crippen molar-refractivity contribution in [1.29, 1.82) is 0 Å². The van der Waals surface area contributed by atoms with Gasteiger partial charge in [0.2, 0.25) is 0 Å². The van der Waals surface area contributed by atoms with Gasteiger partial charge in [0.25, 0.3) is 0 Å². The van der Waals surface area contributed by atoms with Crippen molar-refractivity contribution < 1.29 is 30.3 Å². The summed E-state index contributed by atoms with van der Waals surface area (Å²) in [6.45, 7) is -0.981. The van der Waals surface area contributed by atoms with E-state index >= 15 is 0 Å². The smallest absolute Gasteiger partial charge is 0.162 e. The molecule has 6 nitrogen and oxygen atoms in total.